The van der Waals surface area contributed by atoms with Crippen LogP contribution in [-0.4, -0.2) is 53.4 Å². The van der Waals surface area contributed by atoms with Crippen LogP contribution in [0.3, 0.4) is 0 Å². The monoisotopic (exact) mass is 369 g/mol. The first-order chi connectivity index (χ1) is 11.9. The zero-order valence-corrected chi connectivity index (χ0v) is 14.5. The van der Waals surface area contributed by atoms with Crippen LogP contribution in [0.2, 0.25) is 0 Å². The average molecular weight is 369 g/mol. The lowest BCUT2D eigenvalue weighted by molar-refractivity contribution is -0.141. The van der Waals surface area contributed by atoms with Gasteiger partial charge >= 0.3 is 6.18 Å². The van der Waals surface area contributed by atoms with Crippen molar-refractivity contribution in [3.8, 4) is 10.6 Å². The van der Waals surface area contributed by atoms with Gasteiger partial charge < -0.3 is 9.80 Å². The summed E-state index contributed by atoms with van der Waals surface area (Å²) in [7, 11) is 0. The van der Waals surface area contributed by atoms with Gasteiger partial charge in [-0.05, 0) is 6.54 Å². The van der Waals surface area contributed by atoms with Crippen molar-refractivity contribution in [2.45, 2.75) is 13.1 Å². The van der Waals surface area contributed by atoms with E-state index in [1.165, 1.54) is 4.90 Å². The highest BCUT2D eigenvalue weighted by Crippen LogP contribution is 2.38. The number of benzene rings is 1. The Labute approximate surface area is 147 Å². The Hall–Kier alpha value is -1.93. The van der Waals surface area contributed by atoms with Gasteiger partial charge in [-0.1, -0.05) is 37.3 Å². The number of hydrogen-bond donors (Lipinski definition) is 0. The number of likely N-dealkylation sites (N-methyl/N-ethyl adjacent to an activating group) is 1. The number of amides is 1. The van der Waals surface area contributed by atoms with Crippen molar-refractivity contribution in [3.63, 3.8) is 0 Å². The van der Waals surface area contributed by atoms with Gasteiger partial charge in [0, 0.05) is 31.7 Å². The minimum Gasteiger partial charge on any atom is -0.335 e. The zero-order chi connectivity index (χ0) is 18.0. The number of carbonyl (C=O) groups is 1. The van der Waals surface area contributed by atoms with Crippen LogP contribution in [-0.2, 0) is 6.18 Å². The van der Waals surface area contributed by atoms with Crippen LogP contribution in [0.4, 0.5) is 13.2 Å². The smallest absolute Gasteiger partial charge is 0.335 e. The molecule has 25 heavy (non-hydrogen) atoms. The van der Waals surface area contributed by atoms with E-state index in [0.717, 1.165) is 17.9 Å². The summed E-state index contributed by atoms with van der Waals surface area (Å²) in [6.07, 6.45) is -4.65. The third-order valence-electron chi connectivity index (χ3n) is 4.22. The maximum atomic E-state index is 13.4. The van der Waals surface area contributed by atoms with Crippen molar-refractivity contribution in [2.75, 3.05) is 32.7 Å². The third-order valence-corrected chi connectivity index (χ3v) is 5.31. The number of alkyl halides is 3. The van der Waals surface area contributed by atoms with Crippen LogP contribution in [0.5, 0.6) is 0 Å². The predicted octanol–water partition coefficient (Wildman–Crippen LogP) is 3.61. The van der Waals surface area contributed by atoms with Crippen LogP contribution in [0, 0.1) is 0 Å². The Kier molecular flexibility index (Phi) is 5.10. The second-order valence-corrected chi connectivity index (χ2v) is 6.79. The van der Waals surface area contributed by atoms with E-state index in [1.807, 2.05) is 6.92 Å². The average Bonchev–Trinajstić information content (AvgIpc) is 3.08. The van der Waals surface area contributed by atoms with Crippen molar-refractivity contribution in [3.05, 3.63) is 40.9 Å². The molecule has 0 bridgehead atoms. The molecule has 1 aromatic heterocycles. The number of nitrogens with zero attached hydrogens (tertiary/aromatic N) is 3. The van der Waals surface area contributed by atoms with Crippen LogP contribution < -0.4 is 0 Å². The number of thiazole rings is 1. The minimum absolute atomic E-state index is 0.212. The normalized spacial score (nSPS) is 16.2. The molecule has 134 valence electrons. The molecular formula is C17H18F3N3OS. The second kappa shape index (κ2) is 7.13. The Morgan fingerprint density at radius 2 is 1.80 bits per heavy atom. The van der Waals surface area contributed by atoms with E-state index in [-0.39, 0.29) is 9.88 Å². The van der Waals surface area contributed by atoms with E-state index < -0.39 is 17.8 Å². The maximum absolute atomic E-state index is 13.4. The number of carbonyl (C=O) groups excluding carboxylic acids is 1. The SMILES string of the molecule is CCN1CCN(C(=O)c2sc(-c3ccccc3)nc2C(F)(F)F)CC1. The van der Waals surface area contributed by atoms with Gasteiger partial charge in [0.2, 0.25) is 0 Å². The third kappa shape index (κ3) is 3.85. The Bertz CT molecular complexity index is 737. The van der Waals surface area contributed by atoms with E-state index in [9.17, 15) is 18.0 Å². The van der Waals surface area contributed by atoms with Gasteiger partial charge in [0.05, 0.1) is 0 Å². The number of halogens is 3. The van der Waals surface area contributed by atoms with E-state index in [0.29, 0.717) is 31.7 Å². The molecule has 0 atom stereocenters. The van der Waals surface area contributed by atoms with Crippen molar-refractivity contribution >= 4 is 17.2 Å². The predicted molar refractivity (Wildman–Crippen MR) is 90.6 cm³/mol. The Morgan fingerprint density at radius 3 is 2.36 bits per heavy atom. The van der Waals surface area contributed by atoms with Crippen molar-refractivity contribution < 1.29 is 18.0 Å². The van der Waals surface area contributed by atoms with Gasteiger partial charge in [-0.25, -0.2) is 4.98 Å². The molecule has 0 spiro atoms. The number of hydrogen-bond acceptors (Lipinski definition) is 4. The molecule has 0 radical (unpaired) electrons. The summed E-state index contributed by atoms with van der Waals surface area (Å²) in [5, 5.41) is 0.212. The highest BCUT2D eigenvalue weighted by molar-refractivity contribution is 7.17. The summed E-state index contributed by atoms with van der Waals surface area (Å²) in [6, 6.07) is 8.62. The highest BCUT2D eigenvalue weighted by Gasteiger charge is 2.41. The summed E-state index contributed by atoms with van der Waals surface area (Å²) < 4.78 is 40.2. The van der Waals surface area contributed by atoms with Crippen molar-refractivity contribution in [1.82, 2.24) is 14.8 Å². The molecule has 2 heterocycles. The van der Waals surface area contributed by atoms with Crippen molar-refractivity contribution in [2.24, 2.45) is 0 Å². The lowest BCUT2D eigenvalue weighted by Gasteiger charge is -2.33. The topological polar surface area (TPSA) is 36.4 Å². The molecule has 2 aromatic rings. The fourth-order valence-corrected chi connectivity index (χ4v) is 3.83. The quantitative estimate of drug-likeness (QED) is 0.829. The highest BCUT2D eigenvalue weighted by atomic mass is 32.1. The molecule has 0 N–H and O–H groups in total. The molecular weight excluding hydrogens is 351 g/mol. The summed E-state index contributed by atoms with van der Waals surface area (Å²) in [6.45, 7) is 5.11. The number of rotatable bonds is 3. The summed E-state index contributed by atoms with van der Waals surface area (Å²) in [4.78, 5) is 19.7. The largest absolute Gasteiger partial charge is 0.435 e. The first kappa shape index (κ1) is 17.9. The van der Waals surface area contributed by atoms with Gasteiger partial charge in [0.15, 0.2) is 5.69 Å². The van der Waals surface area contributed by atoms with E-state index in [2.05, 4.69) is 9.88 Å². The fourth-order valence-electron chi connectivity index (χ4n) is 2.77. The van der Waals surface area contributed by atoms with Crippen LogP contribution in [0.25, 0.3) is 10.6 Å². The summed E-state index contributed by atoms with van der Waals surface area (Å²) in [5.41, 5.74) is -0.507. The molecule has 1 aliphatic rings. The lowest BCUT2D eigenvalue weighted by atomic mass is 10.2. The van der Waals surface area contributed by atoms with Gasteiger partial charge in [0.25, 0.3) is 5.91 Å². The molecule has 8 heteroatoms. The van der Waals surface area contributed by atoms with E-state index in [4.69, 9.17) is 0 Å². The first-order valence-corrected chi connectivity index (χ1v) is 8.87. The second-order valence-electron chi connectivity index (χ2n) is 5.79. The minimum atomic E-state index is -4.65. The van der Waals surface area contributed by atoms with E-state index >= 15 is 0 Å². The molecule has 1 aromatic carbocycles. The Balaban J connectivity index is 1.92. The van der Waals surface area contributed by atoms with Gasteiger partial charge in [-0.15, -0.1) is 11.3 Å². The summed E-state index contributed by atoms with van der Waals surface area (Å²) in [5.74, 6) is -0.581. The number of piperazine rings is 1. The maximum Gasteiger partial charge on any atom is 0.435 e. The van der Waals surface area contributed by atoms with Gasteiger partial charge in [0.1, 0.15) is 9.88 Å². The van der Waals surface area contributed by atoms with Crippen molar-refractivity contribution in [1.29, 1.82) is 0 Å². The first-order valence-electron chi connectivity index (χ1n) is 8.05. The van der Waals surface area contributed by atoms with Gasteiger partial charge in [-0.3, -0.25) is 4.79 Å². The molecule has 1 saturated heterocycles. The molecule has 3 rings (SSSR count). The van der Waals surface area contributed by atoms with Gasteiger partial charge in [-0.2, -0.15) is 13.2 Å². The molecule has 0 unspecified atom stereocenters. The lowest BCUT2D eigenvalue weighted by Crippen LogP contribution is -2.48. The molecule has 1 amide bonds. The molecule has 4 nitrogen and oxygen atoms in total. The standard InChI is InChI=1S/C17H18F3N3OS/c1-2-22-8-10-23(11-9-22)16(24)13-14(17(18,19)20)21-15(25-13)12-6-4-3-5-7-12/h3-7H,2,8-11H2,1H3. The van der Waals surface area contributed by atoms with Crippen LogP contribution >= 0.6 is 11.3 Å². The van der Waals surface area contributed by atoms with Crippen LogP contribution in [0.15, 0.2) is 30.3 Å². The molecule has 1 fully saturated rings. The molecule has 0 aliphatic carbocycles. The number of aromatic nitrogens is 1. The molecule has 0 saturated carbocycles. The van der Waals surface area contributed by atoms with E-state index in [1.54, 1.807) is 30.3 Å². The Morgan fingerprint density at radius 1 is 1.16 bits per heavy atom. The fraction of sp³-hybridized carbons (Fsp3) is 0.412. The van der Waals surface area contributed by atoms with Crippen LogP contribution in [0.1, 0.15) is 22.3 Å². The molecule has 1 aliphatic heterocycles. The zero-order valence-electron chi connectivity index (χ0n) is 13.7. The summed E-state index contributed by atoms with van der Waals surface area (Å²) >= 11 is 0.812.